The normalized spacial score (nSPS) is 10.1. The van der Waals surface area contributed by atoms with Gasteiger partial charge in [-0.3, -0.25) is 4.79 Å². The minimum absolute atomic E-state index is 0.0476. The van der Waals surface area contributed by atoms with Gasteiger partial charge in [0.15, 0.2) is 0 Å². The average Bonchev–Trinajstić information content (AvgIpc) is 2.70. The van der Waals surface area contributed by atoms with Crippen molar-refractivity contribution in [1.82, 2.24) is 4.37 Å². The third-order valence-electron chi connectivity index (χ3n) is 2.10. The van der Waals surface area contributed by atoms with E-state index < -0.39 is 5.97 Å². The minimum atomic E-state index is -0.814. The summed E-state index contributed by atoms with van der Waals surface area (Å²) in [6.45, 7) is 0. The Morgan fingerprint density at radius 2 is 2.20 bits per heavy atom. The summed E-state index contributed by atoms with van der Waals surface area (Å²) in [7, 11) is 0. The van der Waals surface area contributed by atoms with Crippen molar-refractivity contribution in [1.29, 1.82) is 0 Å². The first kappa shape index (κ1) is 9.86. The van der Waals surface area contributed by atoms with Gasteiger partial charge in [-0.15, -0.1) is 0 Å². The van der Waals surface area contributed by atoms with E-state index in [0.29, 0.717) is 0 Å². The predicted octanol–water partition coefficient (Wildman–Crippen LogP) is 2.44. The summed E-state index contributed by atoms with van der Waals surface area (Å²) in [5.41, 5.74) is 2.76. The highest BCUT2D eigenvalue weighted by atomic mass is 32.1. The van der Waals surface area contributed by atoms with Crippen molar-refractivity contribution in [2.45, 2.75) is 6.42 Å². The Morgan fingerprint density at radius 1 is 1.40 bits per heavy atom. The van der Waals surface area contributed by atoms with Gasteiger partial charge in [-0.05, 0) is 22.7 Å². The zero-order valence-electron chi connectivity index (χ0n) is 7.88. The molecule has 4 heteroatoms. The molecule has 2 rings (SSSR count). The Morgan fingerprint density at radius 3 is 2.87 bits per heavy atom. The van der Waals surface area contributed by atoms with Crippen LogP contribution in [0.15, 0.2) is 35.8 Å². The third kappa shape index (κ3) is 2.22. The van der Waals surface area contributed by atoms with E-state index in [4.69, 9.17) is 5.11 Å². The Hall–Kier alpha value is -1.68. The summed E-state index contributed by atoms with van der Waals surface area (Å²) in [6, 6.07) is 7.50. The second-order valence-corrected chi connectivity index (χ2v) is 3.80. The van der Waals surface area contributed by atoms with Crippen LogP contribution in [0.25, 0.3) is 11.1 Å². The van der Waals surface area contributed by atoms with E-state index >= 15 is 0 Å². The quantitative estimate of drug-likeness (QED) is 0.862. The summed E-state index contributed by atoms with van der Waals surface area (Å²) < 4.78 is 4.01. The molecular weight excluding hydrogens is 210 g/mol. The van der Waals surface area contributed by atoms with Crippen LogP contribution in [-0.4, -0.2) is 15.4 Å². The first-order valence-corrected chi connectivity index (χ1v) is 5.30. The topological polar surface area (TPSA) is 50.2 Å². The Labute approximate surface area is 91.2 Å². The third-order valence-corrected chi connectivity index (χ3v) is 2.69. The summed E-state index contributed by atoms with van der Waals surface area (Å²) in [4.78, 5) is 10.7. The lowest BCUT2D eigenvalue weighted by Gasteiger charge is -2.04. The van der Waals surface area contributed by atoms with Crippen LogP contribution in [0.1, 0.15) is 5.56 Å². The largest absolute Gasteiger partial charge is 0.481 e. The van der Waals surface area contributed by atoms with Crippen molar-refractivity contribution >= 4 is 17.5 Å². The molecule has 0 spiro atoms. The molecule has 2 aromatic rings. The number of aromatic nitrogens is 1. The van der Waals surface area contributed by atoms with Gasteiger partial charge >= 0.3 is 5.97 Å². The molecule has 0 atom stereocenters. The molecule has 1 aromatic carbocycles. The number of benzene rings is 1. The molecule has 0 unspecified atom stereocenters. The molecule has 0 radical (unpaired) electrons. The van der Waals surface area contributed by atoms with Crippen molar-refractivity contribution < 1.29 is 9.90 Å². The minimum Gasteiger partial charge on any atom is -0.481 e. The SMILES string of the molecule is O=C(O)Cc1ccccc1-c1cnsc1. The van der Waals surface area contributed by atoms with Crippen molar-refractivity contribution in [2.75, 3.05) is 0 Å². The monoisotopic (exact) mass is 219 g/mol. The number of nitrogens with zero attached hydrogens (tertiary/aromatic N) is 1. The van der Waals surface area contributed by atoms with E-state index in [0.717, 1.165) is 16.7 Å². The first-order chi connectivity index (χ1) is 7.27. The second-order valence-electron chi connectivity index (χ2n) is 3.14. The van der Waals surface area contributed by atoms with Gasteiger partial charge in [0.25, 0.3) is 0 Å². The summed E-state index contributed by atoms with van der Waals surface area (Å²) in [5, 5.41) is 10.7. The van der Waals surface area contributed by atoms with Gasteiger partial charge < -0.3 is 5.11 Å². The number of aliphatic carboxylic acids is 1. The van der Waals surface area contributed by atoms with Crippen molar-refractivity contribution in [3.63, 3.8) is 0 Å². The zero-order chi connectivity index (χ0) is 10.7. The zero-order valence-corrected chi connectivity index (χ0v) is 8.70. The summed E-state index contributed by atoms with van der Waals surface area (Å²) >= 11 is 1.36. The Bertz CT molecular complexity index is 465. The van der Waals surface area contributed by atoms with Crippen LogP contribution in [-0.2, 0) is 11.2 Å². The molecule has 0 saturated carbocycles. The van der Waals surface area contributed by atoms with Crippen LogP contribution >= 0.6 is 11.5 Å². The fourth-order valence-electron chi connectivity index (χ4n) is 1.46. The number of rotatable bonds is 3. The maximum absolute atomic E-state index is 10.7. The van der Waals surface area contributed by atoms with E-state index in [1.807, 2.05) is 29.6 Å². The Balaban J connectivity index is 2.42. The second kappa shape index (κ2) is 4.23. The molecule has 0 aliphatic heterocycles. The van der Waals surface area contributed by atoms with Crippen molar-refractivity contribution in [2.24, 2.45) is 0 Å². The molecule has 0 saturated heterocycles. The number of carbonyl (C=O) groups is 1. The van der Waals surface area contributed by atoms with Gasteiger partial charge in [0.1, 0.15) is 0 Å². The van der Waals surface area contributed by atoms with Gasteiger partial charge in [0, 0.05) is 17.1 Å². The molecule has 1 N–H and O–H groups in total. The summed E-state index contributed by atoms with van der Waals surface area (Å²) in [6.07, 6.45) is 1.80. The lowest BCUT2D eigenvalue weighted by Crippen LogP contribution is -2.01. The van der Waals surface area contributed by atoms with Gasteiger partial charge in [0.05, 0.1) is 6.42 Å². The molecule has 3 nitrogen and oxygen atoms in total. The van der Waals surface area contributed by atoms with Gasteiger partial charge in [-0.1, -0.05) is 24.3 Å². The number of carboxylic acid groups (broad SMARTS) is 1. The average molecular weight is 219 g/mol. The van der Waals surface area contributed by atoms with Gasteiger partial charge in [-0.25, -0.2) is 4.37 Å². The molecule has 0 bridgehead atoms. The van der Waals surface area contributed by atoms with E-state index in [1.165, 1.54) is 11.5 Å². The summed E-state index contributed by atoms with van der Waals surface area (Å²) in [5.74, 6) is -0.814. The van der Waals surface area contributed by atoms with Crippen LogP contribution in [0, 0.1) is 0 Å². The van der Waals surface area contributed by atoms with Crippen LogP contribution in [0.4, 0.5) is 0 Å². The lowest BCUT2D eigenvalue weighted by molar-refractivity contribution is -0.136. The molecule has 0 fully saturated rings. The van der Waals surface area contributed by atoms with E-state index in [1.54, 1.807) is 6.20 Å². The van der Waals surface area contributed by atoms with Crippen LogP contribution in [0.3, 0.4) is 0 Å². The molecule has 0 aliphatic rings. The molecule has 1 aromatic heterocycles. The maximum Gasteiger partial charge on any atom is 0.307 e. The van der Waals surface area contributed by atoms with Crippen molar-refractivity contribution in [3.8, 4) is 11.1 Å². The molecule has 15 heavy (non-hydrogen) atoms. The van der Waals surface area contributed by atoms with E-state index in [2.05, 4.69) is 4.37 Å². The van der Waals surface area contributed by atoms with Gasteiger partial charge in [-0.2, -0.15) is 0 Å². The van der Waals surface area contributed by atoms with E-state index in [9.17, 15) is 4.79 Å². The van der Waals surface area contributed by atoms with Crippen LogP contribution < -0.4 is 0 Å². The molecular formula is C11H9NO2S. The maximum atomic E-state index is 10.7. The highest BCUT2D eigenvalue weighted by molar-refractivity contribution is 7.03. The predicted molar refractivity (Wildman–Crippen MR) is 58.9 cm³/mol. The lowest BCUT2D eigenvalue weighted by atomic mass is 10.0. The highest BCUT2D eigenvalue weighted by Crippen LogP contribution is 2.24. The van der Waals surface area contributed by atoms with E-state index in [-0.39, 0.29) is 6.42 Å². The number of carboxylic acids is 1. The molecule has 0 aliphatic carbocycles. The number of hydrogen-bond acceptors (Lipinski definition) is 3. The standard InChI is InChI=1S/C11H9NO2S/c13-11(14)5-8-3-1-2-4-10(8)9-6-12-15-7-9/h1-4,6-7H,5H2,(H,13,14). The Kier molecular flexibility index (Phi) is 2.78. The highest BCUT2D eigenvalue weighted by Gasteiger charge is 2.08. The fourth-order valence-corrected chi connectivity index (χ4v) is 1.99. The van der Waals surface area contributed by atoms with Crippen molar-refractivity contribution in [3.05, 3.63) is 41.4 Å². The molecule has 76 valence electrons. The fraction of sp³-hybridized carbons (Fsp3) is 0.0909. The smallest absolute Gasteiger partial charge is 0.307 e. The molecule has 1 heterocycles. The van der Waals surface area contributed by atoms with Crippen LogP contribution in [0.5, 0.6) is 0 Å². The van der Waals surface area contributed by atoms with Crippen LogP contribution in [0.2, 0.25) is 0 Å². The molecule has 0 amide bonds. The van der Waals surface area contributed by atoms with Gasteiger partial charge in [0.2, 0.25) is 0 Å². The first-order valence-electron chi connectivity index (χ1n) is 4.47. The number of hydrogen-bond donors (Lipinski definition) is 1.